The molecule has 1 unspecified atom stereocenters. The quantitative estimate of drug-likeness (QED) is 0.864. The van der Waals surface area contributed by atoms with Gasteiger partial charge >= 0.3 is 0 Å². The molecular weight excluding hydrogens is 328 g/mol. The maximum Gasteiger partial charge on any atom is 0.225 e. The lowest BCUT2D eigenvalue weighted by Gasteiger charge is -2.33. The molecule has 0 saturated carbocycles. The van der Waals surface area contributed by atoms with Gasteiger partial charge in [-0.05, 0) is 49.9 Å². The first-order valence-electron chi connectivity index (χ1n) is 9.13. The molecule has 1 aromatic carbocycles. The van der Waals surface area contributed by atoms with Gasteiger partial charge in [0.2, 0.25) is 11.9 Å². The van der Waals surface area contributed by atoms with Gasteiger partial charge in [0.1, 0.15) is 5.75 Å². The van der Waals surface area contributed by atoms with Crippen LogP contribution in [0.5, 0.6) is 5.75 Å². The second-order valence-electron chi connectivity index (χ2n) is 6.77. The SMILES string of the molecule is Cc1ccc(C)c(OCCC(=O)NC2CCCN(c3ncccn3)C2)c1. The Hall–Kier alpha value is -2.63. The highest BCUT2D eigenvalue weighted by Gasteiger charge is 2.22. The van der Waals surface area contributed by atoms with Gasteiger partial charge in [-0.15, -0.1) is 0 Å². The number of nitrogens with zero attached hydrogens (tertiary/aromatic N) is 3. The summed E-state index contributed by atoms with van der Waals surface area (Å²) < 4.78 is 5.78. The molecule has 0 radical (unpaired) electrons. The van der Waals surface area contributed by atoms with Crippen LogP contribution in [0, 0.1) is 13.8 Å². The minimum absolute atomic E-state index is 0.0242. The number of ether oxygens (including phenoxy) is 1. The zero-order chi connectivity index (χ0) is 18.4. The molecule has 0 bridgehead atoms. The average molecular weight is 354 g/mol. The minimum atomic E-state index is 0.0242. The first-order chi connectivity index (χ1) is 12.6. The summed E-state index contributed by atoms with van der Waals surface area (Å²) >= 11 is 0. The number of carbonyl (C=O) groups excluding carboxylic acids is 1. The number of nitrogens with one attached hydrogen (secondary N) is 1. The number of hydrogen-bond acceptors (Lipinski definition) is 5. The van der Waals surface area contributed by atoms with Gasteiger partial charge in [0.25, 0.3) is 0 Å². The van der Waals surface area contributed by atoms with Crippen molar-refractivity contribution in [2.75, 3.05) is 24.6 Å². The molecule has 1 aliphatic heterocycles. The van der Waals surface area contributed by atoms with E-state index in [0.29, 0.717) is 13.0 Å². The Morgan fingerprint density at radius 1 is 1.31 bits per heavy atom. The molecule has 0 aliphatic carbocycles. The van der Waals surface area contributed by atoms with Gasteiger partial charge in [0, 0.05) is 31.5 Å². The van der Waals surface area contributed by atoms with E-state index in [1.54, 1.807) is 12.4 Å². The van der Waals surface area contributed by atoms with Crippen LogP contribution in [0.25, 0.3) is 0 Å². The lowest BCUT2D eigenvalue weighted by atomic mass is 10.1. The van der Waals surface area contributed by atoms with Crippen molar-refractivity contribution in [2.45, 2.75) is 39.2 Å². The molecule has 1 aliphatic rings. The summed E-state index contributed by atoms with van der Waals surface area (Å²) in [6.07, 6.45) is 5.84. The molecule has 1 aromatic heterocycles. The third-order valence-electron chi connectivity index (χ3n) is 4.55. The third kappa shape index (κ3) is 4.94. The second-order valence-corrected chi connectivity index (χ2v) is 6.77. The Bertz CT molecular complexity index is 736. The summed E-state index contributed by atoms with van der Waals surface area (Å²) in [5.74, 6) is 1.60. The van der Waals surface area contributed by atoms with Gasteiger partial charge in [-0.3, -0.25) is 4.79 Å². The predicted molar refractivity (Wildman–Crippen MR) is 101 cm³/mol. The van der Waals surface area contributed by atoms with Crippen LogP contribution in [0.2, 0.25) is 0 Å². The fourth-order valence-corrected chi connectivity index (χ4v) is 3.15. The average Bonchev–Trinajstić information content (AvgIpc) is 2.65. The van der Waals surface area contributed by atoms with Gasteiger partial charge < -0.3 is 15.0 Å². The van der Waals surface area contributed by atoms with E-state index < -0.39 is 0 Å². The number of rotatable bonds is 6. The molecule has 1 atom stereocenters. The Kier molecular flexibility index (Phi) is 6.04. The number of piperidine rings is 1. The molecular formula is C20H26N4O2. The van der Waals surface area contributed by atoms with Crippen molar-refractivity contribution < 1.29 is 9.53 Å². The first kappa shape index (κ1) is 18.2. The van der Waals surface area contributed by atoms with E-state index in [1.807, 2.05) is 32.0 Å². The minimum Gasteiger partial charge on any atom is -0.493 e. The predicted octanol–water partition coefficient (Wildman–Crippen LogP) is 2.65. The van der Waals surface area contributed by atoms with E-state index in [1.165, 1.54) is 0 Å². The van der Waals surface area contributed by atoms with Gasteiger partial charge in [-0.2, -0.15) is 0 Å². The number of amides is 1. The third-order valence-corrected chi connectivity index (χ3v) is 4.55. The maximum absolute atomic E-state index is 12.3. The van der Waals surface area contributed by atoms with Crippen molar-refractivity contribution in [2.24, 2.45) is 0 Å². The standard InChI is InChI=1S/C20H26N4O2/c1-15-6-7-16(2)18(13-15)26-12-8-19(25)23-17-5-3-11-24(14-17)20-21-9-4-10-22-20/h4,6-7,9-10,13,17H,3,5,8,11-12,14H2,1-2H3,(H,23,25). The molecule has 1 N–H and O–H groups in total. The first-order valence-corrected chi connectivity index (χ1v) is 9.13. The molecule has 2 heterocycles. The lowest BCUT2D eigenvalue weighted by Crippen LogP contribution is -2.48. The monoisotopic (exact) mass is 354 g/mol. The van der Waals surface area contributed by atoms with Crippen LogP contribution < -0.4 is 15.0 Å². The van der Waals surface area contributed by atoms with Crippen molar-refractivity contribution >= 4 is 11.9 Å². The van der Waals surface area contributed by atoms with Gasteiger partial charge in [-0.1, -0.05) is 12.1 Å². The Balaban J connectivity index is 1.45. The van der Waals surface area contributed by atoms with Crippen LogP contribution in [0.15, 0.2) is 36.7 Å². The highest BCUT2D eigenvalue weighted by atomic mass is 16.5. The van der Waals surface area contributed by atoms with Crippen LogP contribution >= 0.6 is 0 Å². The fourth-order valence-electron chi connectivity index (χ4n) is 3.15. The number of aromatic nitrogens is 2. The normalized spacial score (nSPS) is 17.0. The van der Waals surface area contributed by atoms with Crippen LogP contribution in [0.1, 0.15) is 30.4 Å². The molecule has 2 aromatic rings. The van der Waals surface area contributed by atoms with Crippen LogP contribution in [0.3, 0.4) is 0 Å². The van der Waals surface area contributed by atoms with Crippen molar-refractivity contribution in [3.8, 4) is 5.75 Å². The van der Waals surface area contributed by atoms with E-state index in [0.717, 1.165) is 48.8 Å². The van der Waals surface area contributed by atoms with Gasteiger partial charge in [-0.25, -0.2) is 9.97 Å². The summed E-state index contributed by atoms with van der Waals surface area (Å²) in [5, 5.41) is 3.11. The largest absolute Gasteiger partial charge is 0.493 e. The van der Waals surface area contributed by atoms with Crippen LogP contribution in [0.4, 0.5) is 5.95 Å². The smallest absolute Gasteiger partial charge is 0.225 e. The topological polar surface area (TPSA) is 67.3 Å². The van der Waals surface area contributed by atoms with Crippen molar-refractivity contribution in [3.05, 3.63) is 47.8 Å². The van der Waals surface area contributed by atoms with E-state index >= 15 is 0 Å². The summed E-state index contributed by atoms with van der Waals surface area (Å²) in [5.41, 5.74) is 2.24. The molecule has 26 heavy (non-hydrogen) atoms. The highest BCUT2D eigenvalue weighted by molar-refractivity contribution is 5.76. The second kappa shape index (κ2) is 8.65. The number of aryl methyl sites for hydroxylation is 2. The number of benzene rings is 1. The molecule has 6 nitrogen and oxygen atoms in total. The van der Waals surface area contributed by atoms with Crippen LogP contribution in [-0.4, -0.2) is 41.6 Å². The van der Waals surface area contributed by atoms with E-state index in [4.69, 9.17) is 4.74 Å². The molecule has 1 fully saturated rings. The Morgan fingerprint density at radius 3 is 2.92 bits per heavy atom. The zero-order valence-electron chi connectivity index (χ0n) is 15.4. The van der Waals surface area contributed by atoms with E-state index in [9.17, 15) is 4.79 Å². The van der Waals surface area contributed by atoms with Crippen molar-refractivity contribution in [1.29, 1.82) is 0 Å². The Labute approximate surface area is 154 Å². The summed E-state index contributed by atoms with van der Waals surface area (Å²) in [6, 6.07) is 8.03. The highest BCUT2D eigenvalue weighted by Crippen LogP contribution is 2.19. The summed E-state index contributed by atoms with van der Waals surface area (Å²) in [7, 11) is 0. The van der Waals surface area contributed by atoms with E-state index in [-0.39, 0.29) is 11.9 Å². The number of hydrogen-bond donors (Lipinski definition) is 1. The maximum atomic E-state index is 12.3. The fraction of sp³-hybridized carbons (Fsp3) is 0.450. The molecule has 1 amide bonds. The lowest BCUT2D eigenvalue weighted by molar-refractivity contribution is -0.122. The molecule has 1 saturated heterocycles. The summed E-state index contributed by atoms with van der Waals surface area (Å²) in [4.78, 5) is 23.0. The summed E-state index contributed by atoms with van der Waals surface area (Å²) in [6.45, 7) is 6.09. The van der Waals surface area contributed by atoms with Gasteiger partial charge in [0.05, 0.1) is 13.0 Å². The molecule has 138 valence electrons. The van der Waals surface area contributed by atoms with Gasteiger partial charge in [0.15, 0.2) is 0 Å². The Morgan fingerprint density at radius 2 is 2.12 bits per heavy atom. The molecule has 3 rings (SSSR count). The van der Waals surface area contributed by atoms with E-state index in [2.05, 4.69) is 26.3 Å². The van der Waals surface area contributed by atoms with Crippen molar-refractivity contribution in [3.63, 3.8) is 0 Å². The van der Waals surface area contributed by atoms with Crippen molar-refractivity contribution in [1.82, 2.24) is 15.3 Å². The number of anilines is 1. The molecule has 6 heteroatoms. The zero-order valence-corrected chi connectivity index (χ0v) is 15.4. The number of carbonyl (C=O) groups is 1. The molecule has 0 spiro atoms. The van der Waals surface area contributed by atoms with Crippen LogP contribution in [-0.2, 0) is 4.79 Å².